The van der Waals surface area contributed by atoms with Crippen molar-refractivity contribution in [1.29, 1.82) is 0 Å². The van der Waals surface area contributed by atoms with Crippen molar-refractivity contribution in [2.45, 2.75) is 13.8 Å². The van der Waals surface area contributed by atoms with Crippen LogP contribution in [0, 0.1) is 6.92 Å². The van der Waals surface area contributed by atoms with Crippen LogP contribution in [0.15, 0.2) is 176 Å². The maximum absolute atomic E-state index is 2.43. The van der Waals surface area contributed by atoms with E-state index in [1.54, 1.807) is 0 Å². The van der Waals surface area contributed by atoms with Gasteiger partial charge in [0.2, 0.25) is 0 Å². The number of thiophene rings is 2. The Morgan fingerprint density at radius 2 is 0.963 bits per heavy atom. The predicted molar refractivity (Wildman–Crippen MR) is 241 cm³/mol. The Labute approximate surface area is 323 Å². The van der Waals surface area contributed by atoms with Gasteiger partial charge in [0.15, 0.2) is 0 Å². The maximum atomic E-state index is 2.43. The summed E-state index contributed by atoms with van der Waals surface area (Å²) >= 11 is 3.79. The molecule has 2 heteroatoms. The van der Waals surface area contributed by atoms with Gasteiger partial charge in [-0.3, -0.25) is 0 Å². The second kappa shape index (κ2) is 13.4. The summed E-state index contributed by atoms with van der Waals surface area (Å²) in [5, 5.41) is 11.6. The summed E-state index contributed by atoms with van der Waals surface area (Å²) in [6, 6.07) is 62.7. The molecule has 54 heavy (non-hydrogen) atoms. The van der Waals surface area contributed by atoms with Gasteiger partial charge in [0.05, 0.1) is 0 Å². The van der Waals surface area contributed by atoms with E-state index in [2.05, 4.69) is 196 Å². The van der Waals surface area contributed by atoms with Gasteiger partial charge >= 0.3 is 0 Å². The van der Waals surface area contributed by atoms with Crippen molar-refractivity contribution in [1.82, 2.24) is 0 Å². The largest absolute Gasteiger partial charge is 0.136 e. The number of hydrogen-bond acceptors (Lipinski definition) is 2. The molecule has 0 nitrogen and oxygen atoms in total. The van der Waals surface area contributed by atoms with E-state index in [1.807, 2.05) is 22.7 Å². The van der Waals surface area contributed by atoms with Crippen LogP contribution in [-0.4, -0.2) is 0 Å². The van der Waals surface area contributed by atoms with Crippen LogP contribution in [0.2, 0.25) is 0 Å². The van der Waals surface area contributed by atoms with Crippen molar-refractivity contribution in [2.75, 3.05) is 0 Å². The number of rotatable bonds is 4. The summed E-state index contributed by atoms with van der Waals surface area (Å²) in [4.78, 5) is 1.35. The highest BCUT2D eigenvalue weighted by molar-refractivity contribution is 7.26. The van der Waals surface area contributed by atoms with Crippen LogP contribution in [0.4, 0.5) is 0 Å². The first-order valence-electron chi connectivity index (χ1n) is 18.5. The zero-order chi connectivity index (χ0) is 36.2. The molecule has 0 saturated heterocycles. The van der Waals surface area contributed by atoms with Crippen LogP contribution in [0.5, 0.6) is 0 Å². The predicted octanol–water partition coefficient (Wildman–Crippen LogP) is 16.2. The maximum Gasteiger partial charge on any atom is 0.0362 e. The normalized spacial score (nSPS) is 11.8. The quantitative estimate of drug-likeness (QED) is 0.170. The van der Waals surface area contributed by atoms with E-state index in [0.29, 0.717) is 0 Å². The summed E-state index contributed by atoms with van der Waals surface area (Å²) in [6.07, 6.45) is 4.38. The molecule has 2 aromatic heterocycles. The molecule has 0 aliphatic carbocycles. The highest BCUT2D eigenvalue weighted by atomic mass is 32.1. The molecule has 0 radical (unpaired) electrons. The number of aryl methyl sites for hydroxylation is 1. The van der Waals surface area contributed by atoms with Crippen LogP contribution in [0.3, 0.4) is 0 Å². The van der Waals surface area contributed by atoms with Gasteiger partial charge in [-0.05, 0) is 134 Å². The van der Waals surface area contributed by atoms with E-state index in [-0.39, 0.29) is 0 Å². The van der Waals surface area contributed by atoms with Crippen molar-refractivity contribution in [3.05, 3.63) is 186 Å². The Hall–Kier alpha value is -6.06. The standard InChI is InChI=1S/C52H36S2/c1-3-13-48-33(2)52-45-32-51-47(31-40(45)25-27-50(52)53-48)46-30-38(24-26-49(46)54-51)36-20-21-37-29-39(23-22-35(37)28-36)42-17-10-5-4-9-16-41(34-14-7-6-8-15-34)43-18-11-12-19-44(42)43/h3-32H,1-2H3/b5-4?,9-4?,10-5?,13-3-,16-9?,17-10?,41-16?,42-17?,43-41?,44-42?. The van der Waals surface area contributed by atoms with Crippen molar-refractivity contribution in [2.24, 2.45) is 0 Å². The van der Waals surface area contributed by atoms with Gasteiger partial charge in [-0.2, -0.15) is 0 Å². The molecule has 2 heterocycles. The van der Waals surface area contributed by atoms with E-state index in [4.69, 9.17) is 0 Å². The first-order chi connectivity index (χ1) is 26.6. The molecule has 10 rings (SSSR count). The van der Waals surface area contributed by atoms with Gasteiger partial charge in [0, 0.05) is 35.1 Å². The van der Waals surface area contributed by atoms with Gasteiger partial charge in [0.1, 0.15) is 0 Å². The Morgan fingerprint density at radius 1 is 0.389 bits per heavy atom. The molecule has 0 aliphatic heterocycles. The second-order valence-corrected chi connectivity index (χ2v) is 16.2. The lowest BCUT2D eigenvalue weighted by Gasteiger charge is -2.11. The minimum Gasteiger partial charge on any atom is -0.136 e. The third kappa shape index (κ3) is 5.58. The van der Waals surface area contributed by atoms with Gasteiger partial charge in [-0.25, -0.2) is 0 Å². The highest BCUT2D eigenvalue weighted by Gasteiger charge is 2.14. The molecule has 0 atom stereocenters. The minimum absolute atomic E-state index is 1.20. The fourth-order valence-electron chi connectivity index (χ4n) is 8.13. The molecule has 0 bridgehead atoms. The van der Waals surface area contributed by atoms with Gasteiger partial charge in [-0.15, -0.1) is 22.7 Å². The molecular formula is C52H36S2. The van der Waals surface area contributed by atoms with Crippen molar-refractivity contribution in [3.63, 3.8) is 0 Å². The van der Waals surface area contributed by atoms with Crippen molar-refractivity contribution >= 4 is 91.3 Å². The number of allylic oxidation sites excluding steroid dienone is 1. The monoisotopic (exact) mass is 724 g/mol. The molecule has 0 aliphatic rings. The first kappa shape index (κ1) is 32.6. The molecule has 0 amide bonds. The highest BCUT2D eigenvalue weighted by Crippen LogP contribution is 2.43. The molecular weight excluding hydrogens is 689 g/mol. The summed E-state index contributed by atoms with van der Waals surface area (Å²) in [7, 11) is 0. The van der Waals surface area contributed by atoms with E-state index >= 15 is 0 Å². The summed E-state index contributed by atoms with van der Waals surface area (Å²) in [5.74, 6) is 0. The zero-order valence-corrected chi connectivity index (χ0v) is 31.8. The molecule has 0 unspecified atom stereocenters. The average molecular weight is 725 g/mol. The lowest BCUT2D eigenvalue weighted by molar-refractivity contribution is 1.58. The van der Waals surface area contributed by atoms with Crippen LogP contribution >= 0.6 is 22.7 Å². The van der Waals surface area contributed by atoms with Gasteiger partial charge in [0.25, 0.3) is 0 Å². The Kier molecular flexibility index (Phi) is 8.09. The molecule has 0 fully saturated rings. The average Bonchev–Trinajstić information content (AvgIpc) is 3.74. The van der Waals surface area contributed by atoms with E-state index < -0.39 is 0 Å². The Balaban J connectivity index is 1.07. The number of hydrogen-bond donors (Lipinski definition) is 0. The summed E-state index contributed by atoms with van der Waals surface area (Å²) in [5.41, 5.74) is 8.70. The minimum atomic E-state index is 1.20. The number of fused-ring (bicyclic) bond motifs is 8. The zero-order valence-electron chi connectivity index (χ0n) is 30.1. The lowest BCUT2D eigenvalue weighted by Crippen LogP contribution is -1.84. The molecule has 8 aromatic carbocycles. The van der Waals surface area contributed by atoms with Crippen LogP contribution < -0.4 is 0 Å². The molecule has 256 valence electrons. The third-order valence-corrected chi connectivity index (χ3v) is 13.1. The van der Waals surface area contributed by atoms with Gasteiger partial charge < -0.3 is 0 Å². The van der Waals surface area contributed by atoms with Crippen LogP contribution in [0.1, 0.15) is 17.4 Å². The lowest BCUT2D eigenvalue weighted by atomic mass is 9.93. The Morgan fingerprint density at radius 3 is 1.72 bits per heavy atom. The fourth-order valence-corrected chi connectivity index (χ4v) is 10.4. The topological polar surface area (TPSA) is 0 Å². The Bertz CT molecular complexity index is 3170. The first-order valence-corrected chi connectivity index (χ1v) is 20.2. The second-order valence-electron chi connectivity index (χ2n) is 14.0. The van der Waals surface area contributed by atoms with Crippen molar-refractivity contribution < 1.29 is 0 Å². The van der Waals surface area contributed by atoms with E-state index in [0.717, 1.165) is 0 Å². The summed E-state index contributed by atoms with van der Waals surface area (Å²) < 4.78 is 4.04. The molecule has 10 aromatic rings. The summed E-state index contributed by atoms with van der Waals surface area (Å²) in [6.45, 7) is 4.36. The fraction of sp³-hybridized carbons (Fsp3) is 0.0385. The SMILES string of the molecule is C/C=C\c1sc2ccc3cc4c(cc3c2c1C)sc1ccc(-c2ccc3cc(-c5ccccccc(-c6ccccc6)c6ccccc56)ccc3c2)cc14. The smallest absolute Gasteiger partial charge is 0.0362 e. The van der Waals surface area contributed by atoms with Crippen molar-refractivity contribution in [3.8, 4) is 33.4 Å². The third-order valence-electron chi connectivity index (χ3n) is 10.8. The van der Waals surface area contributed by atoms with Crippen LogP contribution in [-0.2, 0) is 0 Å². The van der Waals surface area contributed by atoms with E-state index in [1.165, 1.54) is 106 Å². The van der Waals surface area contributed by atoms with Crippen LogP contribution in [0.25, 0.3) is 102 Å². The molecule has 0 saturated carbocycles. The molecule has 0 N–H and O–H groups in total. The number of benzene rings is 7. The van der Waals surface area contributed by atoms with Gasteiger partial charge in [-0.1, -0.05) is 133 Å². The van der Waals surface area contributed by atoms with E-state index in [9.17, 15) is 0 Å². The molecule has 0 spiro atoms.